The summed E-state index contributed by atoms with van der Waals surface area (Å²) in [6, 6.07) is 0.361. The fourth-order valence-electron chi connectivity index (χ4n) is 2.28. The number of nitrogens with one attached hydrogen (secondary N) is 1. The summed E-state index contributed by atoms with van der Waals surface area (Å²) in [5.41, 5.74) is 5.83. The topological polar surface area (TPSA) is 55.1 Å². The molecule has 0 saturated heterocycles. The highest BCUT2D eigenvalue weighted by atomic mass is 16.1. The molecule has 3 nitrogen and oxygen atoms in total. The van der Waals surface area contributed by atoms with E-state index in [0.717, 1.165) is 32.2 Å². The third-order valence-electron chi connectivity index (χ3n) is 3.32. The molecule has 0 spiro atoms. The molecule has 3 N–H and O–H groups in total. The molecule has 88 valence electrons. The highest BCUT2D eigenvalue weighted by Gasteiger charge is 2.22. The minimum atomic E-state index is 0.157. The van der Waals surface area contributed by atoms with Gasteiger partial charge in [0, 0.05) is 18.5 Å². The summed E-state index contributed by atoms with van der Waals surface area (Å²) in [5.74, 6) is 0.972. The van der Waals surface area contributed by atoms with E-state index in [0.29, 0.717) is 12.0 Å². The van der Waals surface area contributed by atoms with Crippen LogP contribution in [-0.4, -0.2) is 18.5 Å². The fourth-order valence-corrected chi connectivity index (χ4v) is 2.28. The van der Waals surface area contributed by atoms with Crippen molar-refractivity contribution in [3.05, 3.63) is 0 Å². The molecule has 1 rings (SSSR count). The number of hydrogen-bond donors (Lipinski definition) is 2. The highest BCUT2D eigenvalue weighted by molar-refractivity contribution is 5.78. The average molecular weight is 212 g/mol. The van der Waals surface area contributed by atoms with E-state index in [2.05, 4.69) is 12.2 Å². The zero-order valence-electron chi connectivity index (χ0n) is 9.96. The van der Waals surface area contributed by atoms with Crippen molar-refractivity contribution in [1.82, 2.24) is 5.32 Å². The van der Waals surface area contributed by atoms with Crippen molar-refractivity contribution >= 4 is 5.91 Å². The number of carbonyl (C=O) groups is 1. The van der Waals surface area contributed by atoms with Gasteiger partial charge < -0.3 is 11.1 Å². The Morgan fingerprint density at radius 1 is 1.53 bits per heavy atom. The SMILES string of the molecule is CCCC(C)C(=O)NC[C@@H]1CC[C@H](N)C1. The minimum Gasteiger partial charge on any atom is -0.356 e. The van der Waals surface area contributed by atoms with Crippen LogP contribution in [0, 0.1) is 11.8 Å². The Labute approximate surface area is 92.8 Å². The van der Waals surface area contributed by atoms with Crippen LogP contribution in [0.15, 0.2) is 0 Å². The summed E-state index contributed by atoms with van der Waals surface area (Å²) < 4.78 is 0. The van der Waals surface area contributed by atoms with Gasteiger partial charge in [-0.25, -0.2) is 0 Å². The van der Waals surface area contributed by atoms with Crippen LogP contribution in [0.4, 0.5) is 0 Å². The fraction of sp³-hybridized carbons (Fsp3) is 0.917. The summed E-state index contributed by atoms with van der Waals surface area (Å²) in [6.07, 6.45) is 5.41. The molecule has 0 aliphatic heterocycles. The molecule has 0 aromatic heterocycles. The molecule has 3 atom stereocenters. The number of hydrogen-bond acceptors (Lipinski definition) is 2. The normalized spacial score (nSPS) is 27.7. The maximum atomic E-state index is 11.6. The van der Waals surface area contributed by atoms with Gasteiger partial charge in [-0.3, -0.25) is 4.79 Å². The zero-order chi connectivity index (χ0) is 11.3. The van der Waals surface area contributed by atoms with Crippen LogP contribution in [0.2, 0.25) is 0 Å². The molecular weight excluding hydrogens is 188 g/mol. The monoisotopic (exact) mass is 212 g/mol. The standard InChI is InChI=1S/C12H24N2O/c1-3-4-9(2)12(15)14-8-10-5-6-11(13)7-10/h9-11H,3-8,13H2,1-2H3,(H,14,15)/t9?,10-,11+/m1/s1. The van der Waals surface area contributed by atoms with E-state index >= 15 is 0 Å². The first-order valence-corrected chi connectivity index (χ1v) is 6.16. The highest BCUT2D eigenvalue weighted by Crippen LogP contribution is 2.23. The van der Waals surface area contributed by atoms with Crippen LogP contribution in [0.3, 0.4) is 0 Å². The van der Waals surface area contributed by atoms with Gasteiger partial charge >= 0.3 is 0 Å². The number of amides is 1. The molecule has 0 heterocycles. The maximum Gasteiger partial charge on any atom is 0.222 e. The molecule has 1 saturated carbocycles. The second-order valence-corrected chi connectivity index (χ2v) is 4.87. The van der Waals surface area contributed by atoms with E-state index in [1.54, 1.807) is 0 Å². The van der Waals surface area contributed by atoms with Gasteiger partial charge in [0.15, 0.2) is 0 Å². The van der Waals surface area contributed by atoms with E-state index in [1.807, 2.05) is 6.92 Å². The van der Waals surface area contributed by atoms with Crippen LogP contribution < -0.4 is 11.1 Å². The van der Waals surface area contributed by atoms with Gasteiger partial charge in [0.1, 0.15) is 0 Å². The largest absolute Gasteiger partial charge is 0.356 e. The molecular formula is C12H24N2O. The molecule has 1 fully saturated rings. The molecule has 3 heteroatoms. The predicted molar refractivity (Wildman–Crippen MR) is 62.4 cm³/mol. The molecule has 1 aliphatic rings. The number of carbonyl (C=O) groups excluding carboxylic acids is 1. The Balaban J connectivity index is 2.16. The van der Waals surface area contributed by atoms with Crippen molar-refractivity contribution in [1.29, 1.82) is 0 Å². The number of rotatable bonds is 5. The van der Waals surface area contributed by atoms with Crippen molar-refractivity contribution in [3.63, 3.8) is 0 Å². The Morgan fingerprint density at radius 3 is 2.80 bits per heavy atom. The summed E-state index contributed by atoms with van der Waals surface area (Å²) in [7, 11) is 0. The van der Waals surface area contributed by atoms with Crippen LogP contribution in [0.1, 0.15) is 46.0 Å². The smallest absolute Gasteiger partial charge is 0.222 e. The van der Waals surface area contributed by atoms with Crippen LogP contribution >= 0.6 is 0 Å². The summed E-state index contributed by atoms with van der Waals surface area (Å²) in [4.78, 5) is 11.6. The molecule has 1 amide bonds. The van der Waals surface area contributed by atoms with Gasteiger partial charge in [0.2, 0.25) is 5.91 Å². The van der Waals surface area contributed by atoms with E-state index in [4.69, 9.17) is 5.73 Å². The van der Waals surface area contributed by atoms with Crippen molar-refractivity contribution in [2.45, 2.75) is 52.0 Å². The van der Waals surface area contributed by atoms with Crippen LogP contribution in [-0.2, 0) is 4.79 Å². The van der Waals surface area contributed by atoms with Crippen molar-refractivity contribution < 1.29 is 4.79 Å². The lowest BCUT2D eigenvalue weighted by Gasteiger charge is -2.14. The molecule has 15 heavy (non-hydrogen) atoms. The molecule has 1 unspecified atom stereocenters. The van der Waals surface area contributed by atoms with Crippen molar-refractivity contribution in [3.8, 4) is 0 Å². The molecule has 0 aromatic rings. The Morgan fingerprint density at radius 2 is 2.27 bits per heavy atom. The van der Waals surface area contributed by atoms with E-state index in [1.165, 1.54) is 6.42 Å². The van der Waals surface area contributed by atoms with Gasteiger partial charge in [-0.15, -0.1) is 0 Å². The second kappa shape index (κ2) is 6.11. The lowest BCUT2D eigenvalue weighted by Crippen LogP contribution is -2.33. The van der Waals surface area contributed by atoms with Gasteiger partial charge in [-0.2, -0.15) is 0 Å². The predicted octanol–water partition coefficient (Wildman–Crippen LogP) is 1.67. The van der Waals surface area contributed by atoms with Crippen molar-refractivity contribution in [2.75, 3.05) is 6.54 Å². The quantitative estimate of drug-likeness (QED) is 0.728. The third-order valence-corrected chi connectivity index (χ3v) is 3.32. The van der Waals surface area contributed by atoms with Crippen LogP contribution in [0.5, 0.6) is 0 Å². The van der Waals surface area contributed by atoms with Gasteiger partial charge in [0.25, 0.3) is 0 Å². The maximum absolute atomic E-state index is 11.6. The Bertz CT molecular complexity index is 206. The summed E-state index contributed by atoms with van der Waals surface area (Å²) >= 11 is 0. The first-order chi connectivity index (χ1) is 7.13. The molecule has 0 bridgehead atoms. The number of nitrogens with two attached hydrogens (primary N) is 1. The Hall–Kier alpha value is -0.570. The van der Waals surface area contributed by atoms with E-state index in [-0.39, 0.29) is 11.8 Å². The van der Waals surface area contributed by atoms with Crippen LogP contribution in [0.25, 0.3) is 0 Å². The zero-order valence-corrected chi connectivity index (χ0v) is 9.96. The second-order valence-electron chi connectivity index (χ2n) is 4.87. The first-order valence-electron chi connectivity index (χ1n) is 6.16. The molecule has 1 aliphatic carbocycles. The van der Waals surface area contributed by atoms with E-state index in [9.17, 15) is 4.79 Å². The average Bonchev–Trinajstić information content (AvgIpc) is 2.61. The van der Waals surface area contributed by atoms with Crippen molar-refractivity contribution in [2.24, 2.45) is 17.6 Å². The lowest BCUT2D eigenvalue weighted by molar-refractivity contribution is -0.124. The summed E-state index contributed by atoms with van der Waals surface area (Å²) in [5, 5.41) is 3.04. The summed E-state index contributed by atoms with van der Waals surface area (Å²) in [6.45, 7) is 4.93. The van der Waals surface area contributed by atoms with Gasteiger partial charge in [-0.05, 0) is 31.6 Å². The minimum absolute atomic E-state index is 0.157. The van der Waals surface area contributed by atoms with Gasteiger partial charge in [0.05, 0.1) is 0 Å². The lowest BCUT2D eigenvalue weighted by atomic mass is 10.0. The van der Waals surface area contributed by atoms with E-state index < -0.39 is 0 Å². The first kappa shape index (κ1) is 12.5. The molecule has 0 aromatic carbocycles. The third kappa shape index (κ3) is 4.20. The Kier molecular flexibility index (Phi) is 5.09. The molecule has 0 radical (unpaired) electrons. The van der Waals surface area contributed by atoms with Gasteiger partial charge in [-0.1, -0.05) is 20.3 Å².